The Hall–Kier alpha value is -2.44. The zero-order valence-corrected chi connectivity index (χ0v) is 11.5. The first-order chi connectivity index (χ1) is 10.0. The lowest BCUT2D eigenvalue weighted by Gasteiger charge is -2.17. The van der Waals surface area contributed by atoms with E-state index in [1.165, 1.54) is 0 Å². The summed E-state index contributed by atoms with van der Waals surface area (Å²) in [6.07, 6.45) is 5.31. The quantitative estimate of drug-likeness (QED) is 0.390. The number of nitrogens with one attached hydrogen (secondary N) is 1. The van der Waals surface area contributed by atoms with Gasteiger partial charge in [0.05, 0.1) is 28.8 Å². The number of nitro groups is 1. The Morgan fingerprint density at radius 3 is 2.71 bits per heavy atom. The van der Waals surface area contributed by atoms with Gasteiger partial charge >= 0.3 is 5.97 Å². The molecule has 0 saturated heterocycles. The van der Waals surface area contributed by atoms with Gasteiger partial charge in [-0.1, -0.05) is 12.2 Å². The second-order valence-electron chi connectivity index (χ2n) is 4.61. The molecule has 0 amide bonds. The third-order valence-corrected chi connectivity index (χ3v) is 3.14. The number of hydrogen-bond donors (Lipinski definition) is 1. The molecule has 0 fully saturated rings. The van der Waals surface area contributed by atoms with E-state index in [1.54, 1.807) is 6.92 Å². The molecular weight excluding hydrogens is 279 g/mol. The SMILES string of the molecule is CCOC(=O)c1cc([N+](=O)[O-])cc(F)c1NC1CC=CC1. The van der Waals surface area contributed by atoms with E-state index < -0.39 is 22.4 Å². The topological polar surface area (TPSA) is 81.5 Å². The number of carbonyl (C=O) groups excluding carboxylic acids is 1. The lowest BCUT2D eigenvalue weighted by Crippen LogP contribution is -2.19. The van der Waals surface area contributed by atoms with Crippen molar-refractivity contribution in [2.24, 2.45) is 0 Å². The highest BCUT2D eigenvalue weighted by Crippen LogP contribution is 2.29. The Morgan fingerprint density at radius 1 is 1.48 bits per heavy atom. The molecule has 0 spiro atoms. The molecule has 6 nitrogen and oxygen atoms in total. The minimum absolute atomic E-state index is 0.0332. The molecule has 0 bridgehead atoms. The molecule has 1 aromatic carbocycles. The summed E-state index contributed by atoms with van der Waals surface area (Å²) in [6.45, 7) is 1.72. The molecule has 1 N–H and O–H groups in total. The van der Waals surface area contributed by atoms with Crippen molar-refractivity contribution in [1.29, 1.82) is 0 Å². The first kappa shape index (κ1) is 15.0. The van der Waals surface area contributed by atoms with Crippen molar-refractivity contribution in [2.75, 3.05) is 11.9 Å². The number of halogens is 1. The predicted octanol–water partition coefficient (Wildman–Crippen LogP) is 3.04. The first-order valence-electron chi connectivity index (χ1n) is 6.59. The lowest BCUT2D eigenvalue weighted by atomic mass is 10.1. The van der Waals surface area contributed by atoms with Gasteiger partial charge in [-0.3, -0.25) is 10.1 Å². The number of ether oxygens (including phenoxy) is 1. The van der Waals surface area contributed by atoms with Crippen molar-refractivity contribution in [1.82, 2.24) is 0 Å². The van der Waals surface area contributed by atoms with Gasteiger partial charge in [-0.05, 0) is 19.8 Å². The van der Waals surface area contributed by atoms with Crippen molar-refractivity contribution in [3.8, 4) is 0 Å². The Bertz CT molecular complexity index is 593. The molecule has 21 heavy (non-hydrogen) atoms. The van der Waals surface area contributed by atoms with Crippen molar-refractivity contribution in [2.45, 2.75) is 25.8 Å². The van der Waals surface area contributed by atoms with Gasteiger partial charge in [0.25, 0.3) is 5.69 Å². The molecule has 0 unspecified atom stereocenters. The summed E-state index contributed by atoms with van der Waals surface area (Å²) in [5.41, 5.74) is -0.686. The fraction of sp³-hybridized carbons (Fsp3) is 0.357. The summed E-state index contributed by atoms with van der Waals surface area (Å²) in [6, 6.07) is 1.80. The van der Waals surface area contributed by atoms with Crippen LogP contribution < -0.4 is 5.32 Å². The van der Waals surface area contributed by atoms with Gasteiger partial charge in [0.1, 0.15) is 0 Å². The zero-order chi connectivity index (χ0) is 15.4. The number of carbonyl (C=O) groups is 1. The number of esters is 1. The molecule has 0 atom stereocenters. The molecule has 0 aliphatic heterocycles. The van der Waals surface area contributed by atoms with Crippen LogP contribution in [0.4, 0.5) is 15.8 Å². The Kier molecular flexibility index (Phi) is 4.52. The molecule has 0 heterocycles. The summed E-state index contributed by atoms with van der Waals surface area (Å²) < 4.78 is 19.0. The van der Waals surface area contributed by atoms with Crippen LogP contribution in [0, 0.1) is 15.9 Å². The van der Waals surface area contributed by atoms with E-state index >= 15 is 0 Å². The van der Waals surface area contributed by atoms with Crippen molar-refractivity contribution in [3.63, 3.8) is 0 Å². The summed E-state index contributed by atoms with van der Waals surface area (Å²) in [4.78, 5) is 22.0. The molecule has 112 valence electrons. The summed E-state index contributed by atoms with van der Waals surface area (Å²) >= 11 is 0. The second kappa shape index (κ2) is 6.34. The maximum atomic E-state index is 14.1. The van der Waals surface area contributed by atoms with E-state index in [2.05, 4.69) is 5.32 Å². The number of non-ortho nitro benzene ring substituents is 1. The Morgan fingerprint density at radius 2 is 2.14 bits per heavy atom. The smallest absolute Gasteiger partial charge is 0.340 e. The largest absolute Gasteiger partial charge is 0.462 e. The first-order valence-corrected chi connectivity index (χ1v) is 6.59. The summed E-state index contributed by atoms with van der Waals surface area (Å²) in [7, 11) is 0. The van der Waals surface area contributed by atoms with Crippen LogP contribution >= 0.6 is 0 Å². The highest BCUT2D eigenvalue weighted by atomic mass is 19.1. The van der Waals surface area contributed by atoms with Gasteiger partial charge < -0.3 is 10.1 Å². The van der Waals surface area contributed by atoms with E-state index in [-0.39, 0.29) is 23.9 Å². The van der Waals surface area contributed by atoms with Crippen LogP contribution in [0.15, 0.2) is 24.3 Å². The lowest BCUT2D eigenvalue weighted by molar-refractivity contribution is -0.385. The van der Waals surface area contributed by atoms with Crippen LogP contribution in [-0.4, -0.2) is 23.5 Å². The van der Waals surface area contributed by atoms with E-state index in [4.69, 9.17) is 4.74 Å². The van der Waals surface area contributed by atoms with E-state index in [0.717, 1.165) is 12.1 Å². The number of anilines is 1. The number of benzene rings is 1. The van der Waals surface area contributed by atoms with E-state index in [9.17, 15) is 19.3 Å². The van der Waals surface area contributed by atoms with E-state index in [1.807, 2.05) is 12.2 Å². The maximum absolute atomic E-state index is 14.1. The average Bonchev–Trinajstić information content (AvgIpc) is 2.93. The van der Waals surface area contributed by atoms with Gasteiger partial charge in [-0.2, -0.15) is 0 Å². The van der Waals surface area contributed by atoms with Gasteiger partial charge in [0.2, 0.25) is 0 Å². The predicted molar refractivity (Wildman–Crippen MR) is 74.8 cm³/mol. The van der Waals surface area contributed by atoms with Gasteiger partial charge in [-0.25, -0.2) is 9.18 Å². The van der Waals surface area contributed by atoms with Crippen LogP contribution in [0.25, 0.3) is 0 Å². The second-order valence-corrected chi connectivity index (χ2v) is 4.61. The van der Waals surface area contributed by atoms with Crippen molar-refractivity contribution >= 4 is 17.3 Å². The van der Waals surface area contributed by atoms with Crippen LogP contribution in [0.3, 0.4) is 0 Å². The van der Waals surface area contributed by atoms with Crippen molar-refractivity contribution in [3.05, 3.63) is 45.8 Å². The van der Waals surface area contributed by atoms with Gasteiger partial charge in [-0.15, -0.1) is 0 Å². The minimum Gasteiger partial charge on any atom is -0.462 e. The molecule has 7 heteroatoms. The van der Waals surface area contributed by atoms with Crippen LogP contribution in [-0.2, 0) is 4.74 Å². The Balaban J connectivity index is 2.39. The molecule has 1 aliphatic rings. The minimum atomic E-state index is -0.834. The number of nitrogens with zero attached hydrogens (tertiary/aromatic N) is 1. The number of nitro benzene ring substituents is 1. The average molecular weight is 294 g/mol. The van der Waals surface area contributed by atoms with E-state index in [0.29, 0.717) is 12.8 Å². The molecule has 0 radical (unpaired) electrons. The highest BCUT2D eigenvalue weighted by Gasteiger charge is 2.24. The highest BCUT2D eigenvalue weighted by molar-refractivity contribution is 5.96. The molecule has 1 aromatic rings. The third kappa shape index (κ3) is 3.36. The molecular formula is C14H15FN2O4. The molecule has 2 rings (SSSR count). The fourth-order valence-corrected chi connectivity index (χ4v) is 2.15. The van der Waals surface area contributed by atoms with Gasteiger partial charge in [0, 0.05) is 12.1 Å². The third-order valence-electron chi connectivity index (χ3n) is 3.14. The Labute approximate surface area is 120 Å². The number of hydrogen-bond acceptors (Lipinski definition) is 5. The number of rotatable bonds is 5. The normalized spacial score (nSPS) is 14.2. The monoisotopic (exact) mass is 294 g/mol. The van der Waals surface area contributed by atoms with Crippen LogP contribution in [0.5, 0.6) is 0 Å². The van der Waals surface area contributed by atoms with Crippen LogP contribution in [0.2, 0.25) is 0 Å². The van der Waals surface area contributed by atoms with Gasteiger partial charge in [0.15, 0.2) is 5.82 Å². The fourth-order valence-electron chi connectivity index (χ4n) is 2.15. The maximum Gasteiger partial charge on any atom is 0.340 e. The molecule has 0 saturated carbocycles. The standard InChI is InChI=1S/C14H15FN2O4/c1-2-21-14(18)11-7-10(17(19)20)8-12(15)13(11)16-9-5-3-4-6-9/h3-4,7-9,16H,2,5-6H2,1H3. The van der Waals surface area contributed by atoms with Crippen molar-refractivity contribution < 1.29 is 18.8 Å². The van der Waals surface area contributed by atoms with Crippen LogP contribution in [0.1, 0.15) is 30.1 Å². The molecule has 0 aromatic heterocycles. The zero-order valence-electron chi connectivity index (χ0n) is 11.5. The molecule has 1 aliphatic carbocycles. The summed E-state index contributed by atoms with van der Waals surface area (Å²) in [5.74, 6) is -1.62. The summed E-state index contributed by atoms with van der Waals surface area (Å²) in [5, 5.41) is 13.7.